The summed E-state index contributed by atoms with van der Waals surface area (Å²) in [6, 6.07) is 6.22. The highest BCUT2D eigenvalue weighted by Crippen LogP contribution is 2.16. The van der Waals surface area contributed by atoms with Crippen LogP contribution >= 0.6 is 15.9 Å². The maximum atomic E-state index is 12.9. The predicted molar refractivity (Wildman–Crippen MR) is 93.6 cm³/mol. The van der Waals surface area contributed by atoms with Gasteiger partial charge in [0.05, 0.1) is 11.0 Å². The molecular formula is C17H18BrFN4O2. The highest BCUT2D eigenvalue weighted by Gasteiger charge is 2.25. The number of amides is 2. The van der Waals surface area contributed by atoms with Gasteiger partial charge in [-0.05, 0) is 46.5 Å². The molecule has 0 aliphatic carbocycles. The van der Waals surface area contributed by atoms with Crippen molar-refractivity contribution >= 4 is 22.0 Å². The second-order valence-corrected chi connectivity index (χ2v) is 6.71. The van der Waals surface area contributed by atoms with E-state index >= 15 is 0 Å². The maximum Gasteiger partial charge on any atom is 0.317 e. The summed E-state index contributed by atoms with van der Waals surface area (Å²) in [5.74, 6) is -0.291. The zero-order valence-corrected chi connectivity index (χ0v) is 15.1. The molecule has 1 saturated heterocycles. The number of carbonyl (C=O) groups is 1. The molecule has 2 aromatic rings. The smallest absolute Gasteiger partial charge is 0.317 e. The van der Waals surface area contributed by atoms with E-state index in [9.17, 15) is 9.18 Å². The van der Waals surface area contributed by atoms with Gasteiger partial charge in [0.15, 0.2) is 0 Å². The van der Waals surface area contributed by atoms with Crippen molar-refractivity contribution in [3.8, 4) is 6.01 Å². The molecule has 1 aromatic heterocycles. The second kappa shape index (κ2) is 8.24. The molecule has 1 atom stereocenters. The normalized spacial score (nSPS) is 17.2. The van der Waals surface area contributed by atoms with Crippen LogP contribution in [0.2, 0.25) is 0 Å². The van der Waals surface area contributed by atoms with Crippen LogP contribution in [0.25, 0.3) is 0 Å². The van der Waals surface area contributed by atoms with Gasteiger partial charge in [0, 0.05) is 25.5 Å². The number of hydrogen-bond donors (Lipinski definition) is 1. The number of piperidine rings is 1. The lowest BCUT2D eigenvalue weighted by molar-refractivity contribution is 0.0937. The molecule has 0 bridgehead atoms. The summed E-state index contributed by atoms with van der Waals surface area (Å²) in [4.78, 5) is 22.2. The Balaban J connectivity index is 1.50. The number of benzene rings is 1. The van der Waals surface area contributed by atoms with Gasteiger partial charge >= 0.3 is 12.0 Å². The molecule has 0 radical (unpaired) electrons. The molecule has 1 aromatic carbocycles. The number of nitrogens with zero attached hydrogens (tertiary/aromatic N) is 3. The number of urea groups is 1. The average molecular weight is 409 g/mol. The fourth-order valence-electron chi connectivity index (χ4n) is 2.62. The average Bonchev–Trinajstić information content (AvgIpc) is 2.63. The maximum absolute atomic E-state index is 12.9. The highest BCUT2D eigenvalue weighted by atomic mass is 79.9. The molecule has 0 spiro atoms. The Bertz CT molecular complexity index is 712. The van der Waals surface area contributed by atoms with Crippen molar-refractivity contribution in [2.75, 3.05) is 13.1 Å². The monoisotopic (exact) mass is 408 g/mol. The van der Waals surface area contributed by atoms with Crippen molar-refractivity contribution in [2.24, 2.45) is 0 Å². The van der Waals surface area contributed by atoms with Gasteiger partial charge in [0.25, 0.3) is 0 Å². The minimum Gasteiger partial charge on any atom is -0.458 e. The van der Waals surface area contributed by atoms with Crippen molar-refractivity contribution in [3.63, 3.8) is 0 Å². The Labute approximate surface area is 153 Å². The lowest BCUT2D eigenvalue weighted by Gasteiger charge is -2.32. The Morgan fingerprint density at radius 3 is 2.76 bits per heavy atom. The number of rotatable bonds is 4. The molecule has 2 amide bonds. The van der Waals surface area contributed by atoms with Crippen LogP contribution < -0.4 is 10.1 Å². The summed E-state index contributed by atoms with van der Waals surface area (Å²) >= 11 is 3.28. The minimum atomic E-state index is -0.291. The van der Waals surface area contributed by atoms with Crippen molar-refractivity contribution in [1.29, 1.82) is 0 Å². The molecule has 6 nitrogen and oxygen atoms in total. The quantitative estimate of drug-likeness (QED) is 0.843. The SMILES string of the molecule is O=C(NCc1ccc(F)cc1)N1CCCC(Oc2ncc(Br)cn2)C1. The first-order valence-electron chi connectivity index (χ1n) is 8.01. The molecule has 1 fully saturated rings. The lowest BCUT2D eigenvalue weighted by atomic mass is 10.1. The van der Waals surface area contributed by atoms with E-state index in [1.807, 2.05) is 0 Å². The summed E-state index contributed by atoms with van der Waals surface area (Å²) in [6.07, 6.45) is 4.81. The summed E-state index contributed by atoms with van der Waals surface area (Å²) in [6.45, 7) is 1.52. The zero-order chi connectivity index (χ0) is 17.6. The number of ether oxygens (including phenoxy) is 1. The van der Waals surface area contributed by atoms with Crippen LogP contribution in [0.1, 0.15) is 18.4 Å². The number of aromatic nitrogens is 2. The second-order valence-electron chi connectivity index (χ2n) is 5.80. The van der Waals surface area contributed by atoms with Gasteiger partial charge in [-0.1, -0.05) is 12.1 Å². The molecule has 25 heavy (non-hydrogen) atoms. The number of carbonyl (C=O) groups excluding carboxylic acids is 1. The van der Waals surface area contributed by atoms with Gasteiger partial charge in [-0.25, -0.2) is 19.2 Å². The number of halogens is 2. The highest BCUT2D eigenvalue weighted by molar-refractivity contribution is 9.10. The van der Waals surface area contributed by atoms with Crippen LogP contribution in [0.5, 0.6) is 6.01 Å². The van der Waals surface area contributed by atoms with Crippen LogP contribution in [-0.2, 0) is 6.54 Å². The first-order chi connectivity index (χ1) is 12.1. The molecule has 2 heterocycles. The summed E-state index contributed by atoms with van der Waals surface area (Å²) in [5, 5.41) is 2.85. The molecule has 132 valence electrons. The zero-order valence-electron chi connectivity index (χ0n) is 13.5. The Kier molecular flexibility index (Phi) is 5.80. The van der Waals surface area contributed by atoms with Gasteiger partial charge in [0.1, 0.15) is 11.9 Å². The van der Waals surface area contributed by atoms with Crippen LogP contribution in [-0.4, -0.2) is 40.1 Å². The molecule has 0 saturated carbocycles. The van der Waals surface area contributed by atoms with E-state index in [-0.39, 0.29) is 18.0 Å². The van der Waals surface area contributed by atoms with Gasteiger partial charge in [-0.3, -0.25) is 0 Å². The van der Waals surface area contributed by atoms with E-state index in [0.29, 0.717) is 25.6 Å². The van der Waals surface area contributed by atoms with Crippen molar-refractivity contribution in [3.05, 3.63) is 52.5 Å². The Morgan fingerprint density at radius 2 is 2.04 bits per heavy atom. The summed E-state index contributed by atoms with van der Waals surface area (Å²) < 4.78 is 19.4. The fraction of sp³-hybridized carbons (Fsp3) is 0.353. The van der Waals surface area contributed by atoms with E-state index < -0.39 is 0 Å². The fourth-order valence-corrected chi connectivity index (χ4v) is 2.83. The predicted octanol–water partition coefficient (Wildman–Crippen LogP) is 3.13. The number of nitrogens with one attached hydrogen (secondary N) is 1. The molecule has 1 aliphatic rings. The van der Waals surface area contributed by atoms with Crippen molar-refractivity contribution in [1.82, 2.24) is 20.2 Å². The van der Waals surface area contributed by atoms with Crippen molar-refractivity contribution in [2.45, 2.75) is 25.5 Å². The molecule has 8 heteroatoms. The third-order valence-corrected chi connectivity index (χ3v) is 4.30. The van der Waals surface area contributed by atoms with E-state index in [4.69, 9.17) is 4.74 Å². The molecular weight excluding hydrogens is 391 g/mol. The summed E-state index contributed by atoms with van der Waals surface area (Å²) in [5.41, 5.74) is 0.850. The third kappa shape index (κ3) is 5.12. The van der Waals surface area contributed by atoms with E-state index in [2.05, 4.69) is 31.2 Å². The molecule has 1 N–H and O–H groups in total. The van der Waals surface area contributed by atoms with Crippen LogP contribution in [0.3, 0.4) is 0 Å². The molecule has 3 rings (SSSR count). The topological polar surface area (TPSA) is 67.4 Å². The minimum absolute atomic E-state index is 0.133. The third-order valence-electron chi connectivity index (χ3n) is 3.89. The number of hydrogen-bond acceptors (Lipinski definition) is 4. The first-order valence-corrected chi connectivity index (χ1v) is 8.81. The van der Waals surface area contributed by atoms with Gasteiger partial charge in [-0.2, -0.15) is 0 Å². The van der Waals surface area contributed by atoms with E-state index in [1.54, 1.807) is 29.4 Å². The molecule has 1 unspecified atom stereocenters. The van der Waals surface area contributed by atoms with E-state index in [0.717, 1.165) is 22.9 Å². The van der Waals surface area contributed by atoms with Gasteiger partial charge < -0.3 is 15.0 Å². The Morgan fingerprint density at radius 1 is 1.32 bits per heavy atom. The van der Waals surface area contributed by atoms with Crippen LogP contribution in [0.4, 0.5) is 9.18 Å². The van der Waals surface area contributed by atoms with Crippen molar-refractivity contribution < 1.29 is 13.9 Å². The van der Waals surface area contributed by atoms with Crippen LogP contribution in [0, 0.1) is 5.82 Å². The Hall–Kier alpha value is -2.22. The summed E-state index contributed by atoms with van der Waals surface area (Å²) in [7, 11) is 0. The van der Waals surface area contributed by atoms with Gasteiger partial charge in [0.2, 0.25) is 0 Å². The van der Waals surface area contributed by atoms with Gasteiger partial charge in [-0.15, -0.1) is 0 Å². The first kappa shape index (κ1) is 17.6. The lowest BCUT2D eigenvalue weighted by Crippen LogP contribution is -2.48. The largest absolute Gasteiger partial charge is 0.458 e. The van der Waals surface area contributed by atoms with E-state index in [1.165, 1.54) is 12.1 Å². The number of likely N-dealkylation sites (tertiary alicyclic amines) is 1. The standard InChI is InChI=1S/C17H18BrFN4O2/c18-13-9-20-16(21-10-13)25-15-2-1-7-23(11-15)17(24)22-8-12-3-5-14(19)6-4-12/h3-6,9-10,15H,1-2,7-8,11H2,(H,22,24). The molecule has 1 aliphatic heterocycles. The van der Waals surface area contributed by atoms with Crippen LogP contribution in [0.15, 0.2) is 41.1 Å².